The van der Waals surface area contributed by atoms with Crippen LogP contribution in [0.4, 0.5) is 13.2 Å². The van der Waals surface area contributed by atoms with Crippen LogP contribution in [0, 0.1) is 5.41 Å². The molecule has 0 aliphatic carbocycles. The van der Waals surface area contributed by atoms with E-state index in [4.69, 9.17) is 4.74 Å². The first-order valence-corrected chi connectivity index (χ1v) is 7.02. The molecule has 0 aromatic heterocycles. The molecule has 5 nitrogen and oxygen atoms in total. The molecule has 1 heterocycles. The second kappa shape index (κ2) is 6.30. The molecule has 0 N–H and O–H groups in total. The lowest BCUT2D eigenvalue weighted by Crippen LogP contribution is -2.51. The van der Waals surface area contributed by atoms with Crippen molar-refractivity contribution in [1.29, 1.82) is 0 Å². The molecule has 1 aliphatic rings. The van der Waals surface area contributed by atoms with Crippen LogP contribution in [0.3, 0.4) is 0 Å². The summed E-state index contributed by atoms with van der Waals surface area (Å²) in [6.07, 6.45) is -6.91. The van der Waals surface area contributed by atoms with Crippen molar-refractivity contribution in [3.05, 3.63) is 0 Å². The monoisotopic (exact) mass is 361 g/mol. The van der Waals surface area contributed by atoms with Crippen LogP contribution in [0.2, 0.25) is 0 Å². The van der Waals surface area contributed by atoms with Crippen molar-refractivity contribution in [3.8, 4) is 0 Å². The van der Waals surface area contributed by atoms with E-state index in [2.05, 4.69) is 20.7 Å². The molecular formula is C11H15BrF3NO4. The molecule has 2 unspecified atom stereocenters. The van der Waals surface area contributed by atoms with Crippen LogP contribution >= 0.6 is 15.9 Å². The van der Waals surface area contributed by atoms with Gasteiger partial charge in [0.25, 0.3) is 5.91 Å². The Labute approximate surface area is 122 Å². The zero-order valence-corrected chi connectivity index (χ0v) is 12.6. The predicted octanol–water partition coefficient (Wildman–Crippen LogP) is 1.70. The second-order valence-corrected chi connectivity index (χ2v) is 4.99. The third-order valence-corrected chi connectivity index (χ3v) is 3.51. The van der Waals surface area contributed by atoms with E-state index in [9.17, 15) is 22.8 Å². The molecule has 1 aliphatic heterocycles. The van der Waals surface area contributed by atoms with E-state index in [-0.39, 0.29) is 18.5 Å². The van der Waals surface area contributed by atoms with Gasteiger partial charge in [-0.1, -0.05) is 15.9 Å². The molecule has 0 saturated carbocycles. The van der Waals surface area contributed by atoms with E-state index < -0.39 is 36.1 Å². The predicted molar refractivity (Wildman–Crippen MR) is 66.0 cm³/mol. The molecule has 1 saturated heterocycles. The number of alkyl halides is 4. The Morgan fingerprint density at radius 3 is 2.55 bits per heavy atom. The van der Waals surface area contributed by atoms with Gasteiger partial charge in [0.1, 0.15) is 6.23 Å². The van der Waals surface area contributed by atoms with Gasteiger partial charge in [-0.2, -0.15) is 13.2 Å². The van der Waals surface area contributed by atoms with Crippen LogP contribution in [-0.2, 0) is 19.1 Å². The van der Waals surface area contributed by atoms with E-state index in [1.54, 1.807) is 6.92 Å². The van der Waals surface area contributed by atoms with E-state index >= 15 is 0 Å². The SMILES string of the molecule is CCOC1CC(C(=O)OC)(C(F)(F)F)C(=O)N1CCBr. The van der Waals surface area contributed by atoms with Gasteiger partial charge in [0.15, 0.2) is 0 Å². The summed E-state index contributed by atoms with van der Waals surface area (Å²) in [5.41, 5.74) is -3.18. The summed E-state index contributed by atoms with van der Waals surface area (Å²) >= 11 is 3.06. The third-order valence-electron chi connectivity index (χ3n) is 3.16. The van der Waals surface area contributed by atoms with Gasteiger partial charge in [-0.15, -0.1) is 0 Å². The minimum atomic E-state index is -5.03. The van der Waals surface area contributed by atoms with E-state index in [1.165, 1.54) is 0 Å². The Hall–Kier alpha value is -0.830. The summed E-state index contributed by atoms with van der Waals surface area (Å²) in [5, 5.41) is 0.275. The number of rotatable bonds is 5. The number of carbonyl (C=O) groups is 2. The molecule has 1 rings (SSSR count). The third kappa shape index (κ3) is 2.65. The zero-order valence-electron chi connectivity index (χ0n) is 11.0. The standard InChI is InChI=1S/C11H15BrF3NO4/c1-3-20-7-6-10(9(18)19-2,11(13,14)15)8(17)16(7)5-4-12/h7H,3-6H2,1-2H3. The number of esters is 1. The number of methoxy groups -OCH3 is 1. The lowest BCUT2D eigenvalue weighted by molar-refractivity contribution is -0.228. The first-order valence-electron chi connectivity index (χ1n) is 5.90. The maximum atomic E-state index is 13.3. The molecule has 0 spiro atoms. The summed E-state index contributed by atoms with van der Waals surface area (Å²) in [4.78, 5) is 24.7. The van der Waals surface area contributed by atoms with Gasteiger partial charge < -0.3 is 14.4 Å². The molecular weight excluding hydrogens is 347 g/mol. The minimum absolute atomic E-state index is 0.0122. The molecule has 20 heavy (non-hydrogen) atoms. The maximum absolute atomic E-state index is 13.3. The molecule has 0 aromatic carbocycles. The normalized spacial score (nSPS) is 27.0. The van der Waals surface area contributed by atoms with Crippen LogP contribution in [0.1, 0.15) is 13.3 Å². The Kier molecular flexibility index (Phi) is 5.42. The van der Waals surface area contributed by atoms with Gasteiger partial charge in [-0.3, -0.25) is 9.59 Å². The van der Waals surface area contributed by atoms with E-state index in [0.29, 0.717) is 0 Å². The number of nitrogens with zero attached hydrogens (tertiary/aromatic N) is 1. The molecule has 116 valence electrons. The van der Waals surface area contributed by atoms with E-state index in [0.717, 1.165) is 12.0 Å². The van der Waals surface area contributed by atoms with Crippen molar-refractivity contribution in [2.75, 3.05) is 25.6 Å². The fourth-order valence-electron chi connectivity index (χ4n) is 2.21. The highest BCUT2D eigenvalue weighted by molar-refractivity contribution is 9.09. The van der Waals surface area contributed by atoms with Crippen molar-refractivity contribution >= 4 is 27.8 Å². The van der Waals surface area contributed by atoms with Gasteiger partial charge >= 0.3 is 12.1 Å². The largest absolute Gasteiger partial charge is 0.468 e. The van der Waals surface area contributed by atoms with E-state index in [1.807, 2.05) is 0 Å². The fraction of sp³-hybridized carbons (Fsp3) is 0.818. The van der Waals surface area contributed by atoms with Gasteiger partial charge in [-0.05, 0) is 6.92 Å². The molecule has 0 bridgehead atoms. The molecule has 0 radical (unpaired) electrons. The average molecular weight is 362 g/mol. The molecule has 0 aromatic rings. The van der Waals surface area contributed by atoms with Crippen LogP contribution < -0.4 is 0 Å². The Morgan fingerprint density at radius 2 is 2.15 bits per heavy atom. The van der Waals surface area contributed by atoms with Gasteiger partial charge in [0, 0.05) is 24.9 Å². The Morgan fingerprint density at radius 1 is 1.55 bits per heavy atom. The molecule has 1 fully saturated rings. The number of hydrogen-bond acceptors (Lipinski definition) is 4. The van der Waals surface area contributed by atoms with Crippen LogP contribution in [-0.4, -0.2) is 54.8 Å². The minimum Gasteiger partial charge on any atom is -0.468 e. The number of hydrogen-bond donors (Lipinski definition) is 0. The summed E-state index contributed by atoms with van der Waals surface area (Å²) < 4.78 is 49.3. The van der Waals surface area contributed by atoms with Gasteiger partial charge in [0.05, 0.1) is 7.11 Å². The van der Waals surface area contributed by atoms with Crippen molar-refractivity contribution in [2.45, 2.75) is 25.7 Å². The number of halogens is 4. The molecule has 9 heteroatoms. The molecule has 1 amide bonds. The quantitative estimate of drug-likeness (QED) is 0.425. The highest BCUT2D eigenvalue weighted by Gasteiger charge is 2.72. The fourth-order valence-corrected chi connectivity index (χ4v) is 2.59. The Bertz CT molecular complexity index is 390. The highest BCUT2D eigenvalue weighted by Crippen LogP contribution is 2.49. The summed E-state index contributed by atoms with van der Waals surface area (Å²) in [6.45, 7) is 1.74. The number of amides is 1. The molecule has 2 atom stereocenters. The highest BCUT2D eigenvalue weighted by atomic mass is 79.9. The van der Waals surface area contributed by atoms with Crippen molar-refractivity contribution in [1.82, 2.24) is 4.90 Å². The topological polar surface area (TPSA) is 55.8 Å². The number of carbonyl (C=O) groups excluding carboxylic acids is 2. The first-order chi connectivity index (χ1) is 9.26. The lowest BCUT2D eigenvalue weighted by atomic mass is 9.85. The summed E-state index contributed by atoms with van der Waals surface area (Å²) in [7, 11) is 0.825. The second-order valence-electron chi connectivity index (χ2n) is 4.20. The maximum Gasteiger partial charge on any atom is 0.413 e. The van der Waals surface area contributed by atoms with Crippen LogP contribution in [0.5, 0.6) is 0 Å². The van der Waals surface area contributed by atoms with Gasteiger partial charge in [-0.25, -0.2) is 0 Å². The Balaban J connectivity index is 3.26. The van der Waals surface area contributed by atoms with Crippen LogP contribution in [0.15, 0.2) is 0 Å². The van der Waals surface area contributed by atoms with Crippen molar-refractivity contribution < 1.29 is 32.2 Å². The smallest absolute Gasteiger partial charge is 0.413 e. The summed E-state index contributed by atoms with van der Waals surface area (Å²) in [6, 6.07) is 0. The lowest BCUT2D eigenvalue weighted by Gasteiger charge is -2.26. The average Bonchev–Trinajstić information content (AvgIpc) is 2.64. The van der Waals surface area contributed by atoms with Gasteiger partial charge in [0.2, 0.25) is 5.41 Å². The van der Waals surface area contributed by atoms with Crippen molar-refractivity contribution in [2.24, 2.45) is 5.41 Å². The number of ether oxygens (including phenoxy) is 2. The first kappa shape index (κ1) is 17.2. The van der Waals surface area contributed by atoms with Crippen molar-refractivity contribution in [3.63, 3.8) is 0 Å². The summed E-state index contributed by atoms with van der Waals surface area (Å²) in [5.74, 6) is -2.92. The number of likely N-dealkylation sites (tertiary alicyclic amines) is 1. The van der Waals surface area contributed by atoms with Crippen LogP contribution in [0.25, 0.3) is 0 Å². The zero-order chi connectivity index (χ0) is 15.6.